The average Bonchev–Trinajstić information content (AvgIpc) is 3.31. The number of benzene rings is 2. The van der Waals surface area contributed by atoms with Crippen molar-refractivity contribution in [2.45, 2.75) is 73.0 Å². The number of ether oxygens (including phenoxy) is 1. The number of carbonyl (C=O) groups excluding carboxylic acids is 2. The molecular weight excluding hydrogens is 474 g/mol. The molecule has 0 radical (unpaired) electrons. The van der Waals surface area contributed by atoms with Crippen molar-refractivity contribution in [2.75, 3.05) is 31.5 Å². The number of hydrogen-bond acceptors (Lipinski definition) is 4. The van der Waals surface area contributed by atoms with Gasteiger partial charge >= 0.3 is 6.09 Å². The Morgan fingerprint density at radius 3 is 2.13 bits per heavy atom. The average molecular weight is 520 g/mol. The smallest absolute Gasteiger partial charge is 0.412 e. The molecular formula is C32H45N3O3. The first kappa shape index (κ1) is 28.2. The number of carbonyl (C=O) groups is 2. The molecule has 0 bridgehead atoms. The summed E-state index contributed by atoms with van der Waals surface area (Å²) in [5, 5.41) is 2.83. The van der Waals surface area contributed by atoms with Crippen LogP contribution in [0.3, 0.4) is 0 Å². The number of amides is 2. The molecule has 38 heavy (non-hydrogen) atoms. The maximum Gasteiger partial charge on any atom is 0.412 e. The van der Waals surface area contributed by atoms with E-state index in [1.807, 2.05) is 46.8 Å². The van der Waals surface area contributed by atoms with Crippen molar-refractivity contribution in [2.24, 2.45) is 16.7 Å². The summed E-state index contributed by atoms with van der Waals surface area (Å²) in [6, 6.07) is 18.8. The first-order valence-corrected chi connectivity index (χ1v) is 14.1. The lowest BCUT2D eigenvalue weighted by molar-refractivity contribution is -0.145. The molecule has 1 N–H and O–H groups in total. The van der Waals surface area contributed by atoms with E-state index in [2.05, 4.69) is 71.4 Å². The maximum atomic E-state index is 13.1. The van der Waals surface area contributed by atoms with Crippen molar-refractivity contribution >= 4 is 17.7 Å². The van der Waals surface area contributed by atoms with E-state index in [9.17, 15) is 9.59 Å². The van der Waals surface area contributed by atoms with Gasteiger partial charge in [-0.25, -0.2) is 4.79 Å². The van der Waals surface area contributed by atoms with E-state index in [1.54, 1.807) is 0 Å². The molecule has 1 saturated carbocycles. The minimum atomic E-state index is -0.536. The summed E-state index contributed by atoms with van der Waals surface area (Å²) in [6.45, 7) is 18.5. The largest absolute Gasteiger partial charge is 0.444 e. The lowest BCUT2D eigenvalue weighted by Gasteiger charge is -2.51. The van der Waals surface area contributed by atoms with Gasteiger partial charge in [0.25, 0.3) is 0 Å². The minimum absolute atomic E-state index is 0.0730. The van der Waals surface area contributed by atoms with Crippen LogP contribution in [0.1, 0.15) is 71.9 Å². The van der Waals surface area contributed by atoms with Crippen LogP contribution in [-0.4, -0.2) is 53.6 Å². The summed E-state index contributed by atoms with van der Waals surface area (Å²) in [5.74, 6) is 0.865. The molecule has 3 fully saturated rings. The van der Waals surface area contributed by atoms with Gasteiger partial charge in [-0.1, -0.05) is 70.2 Å². The van der Waals surface area contributed by atoms with Crippen LogP contribution < -0.4 is 5.32 Å². The van der Waals surface area contributed by atoms with Crippen LogP contribution in [0.4, 0.5) is 10.5 Å². The van der Waals surface area contributed by atoms with Crippen LogP contribution in [0.25, 0.3) is 0 Å². The predicted molar refractivity (Wildman–Crippen MR) is 153 cm³/mol. The number of hydrogen-bond donors (Lipinski definition) is 1. The van der Waals surface area contributed by atoms with Crippen molar-refractivity contribution in [1.82, 2.24) is 9.80 Å². The van der Waals surface area contributed by atoms with Gasteiger partial charge in [0.15, 0.2) is 0 Å². The van der Waals surface area contributed by atoms with Gasteiger partial charge < -0.3 is 9.64 Å². The Balaban J connectivity index is 0.00000164. The topological polar surface area (TPSA) is 61.9 Å². The monoisotopic (exact) mass is 519 g/mol. The molecule has 0 aromatic heterocycles. The quantitative estimate of drug-likeness (QED) is 0.488. The van der Waals surface area contributed by atoms with Crippen molar-refractivity contribution in [1.29, 1.82) is 0 Å². The molecule has 2 heterocycles. The third-order valence-electron chi connectivity index (χ3n) is 8.06. The Hall–Kier alpha value is -2.86. The van der Waals surface area contributed by atoms with Gasteiger partial charge in [-0.15, -0.1) is 0 Å². The zero-order valence-electron chi connectivity index (χ0n) is 24.2. The number of nitrogens with zero attached hydrogens (tertiary/aromatic N) is 2. The first-order valence-electron chi connectivity index (χ1n) is 14.1. The highest BCUT2D eigenvalue weighted by molar-refractivity contribution is 5.85. The van der Waals surface area contributed by atoms with Crippen molar-refractivity contribution in [3.63, 3.8) is 0 Å². The second-order valence-electron chi connectivity index (χ2n) is 12.8. The van der Waals surface area contributed by atoms with Crippen LogP contribution in [-0.2, 0) is 16.1 Å². The van der Waals surface area contributed by atoms with E-state index in [0.29, 0.717) is 11.8 Å². The lowest BCUT2D eigenvalue weighted by Crippen LogP contribution is -2.62. The summed E-state index contributed by atoms with van der Waals surface area (Å²) in [4.78, 5) is 29.9. The SMILES string of the molecule is CC.CC(C)(C)OC(=O)Nc1ccc(C2CN(Cc3ccccc3)CC23CN(C(=O)C2CC2(C)C)C3)cc1. The summed E-state index contributed by atoms with van der Waals surface area (Å²) in [7, 11) is 0. The predicted octanol–water partition coefficient (Wildman–Crippen LogP) is 6.53. The van der Waals surface area contributed by atoms with Crippen molar-refractivity contribution in [3.8, 4) is 0 Å². The Kier molecular flexibility index (Phi) is 7.94. The molecule has 2 amide bonds. The Labute approximate surface area is 228 Å². The third-order valence-corrected chi connectivity index (χ3v) is 8.06. The van der Waals surface area contributed by atoms with Gasteiger partial charge in [0.1, 0.15) is 5.60 Å². The zero-order chi connectivity index (χ0) is 27.7. The molecule has 2 aromatic rings. The molecule has 1 aliphatic carbocycles. The highest BCUT2D eigenvalue weighted by Crippen LogP contribution is 2.55. The van der Waals surface area contributed by atoms with Crippen LogP contribution in [0.2, 0.25) is 0 Å². The zero-order valence-corrected chi connectivity index (χ0v) is 24.2. The Morgan fingerprint density at radius 1 is 0.974 bits per heavy atom. The molecule has 5 rings (SSSR count). The standard InChI is InChI=1S/C30H39N3O3.C2H6/c1-28(2,3)36-27(35)31-23-13-11-22(12-14-23)25-17-32(16-21-9-7-6-8-10-21)18-30(25)19-33(20-30)26(34)24-15-29(24,4)5;1-2/h6-14,24-25H,15-20H2,1-5H3,(H,31,35);1-2H3. The molecule has 2 aliphatic heterocycles. The lowest BCUT2D eigenvalue weighted by atomic mass is 9.68. The molecule has 2 aromatic carbocycles. The second kappa shape index (κ2) is 10.7. The summed E-state index contributed by atoms with van der Waals surface area (Å²) in [5.41, 5.74) is 3.00. The Bertz CT molecular complexity index is 1110. The molecule has 1 spiro atoms. The highest BCUT2D eigenvalue weighted by atomic mass is 16.6. The number of likely N-dealkylation sites (tertiary alicyclic amines) is 2. The van der Waals surface area contributed by atoms with E-state index in [1.165, 1.54) is 11.1 Å². The summed E-state index contributed by atoms with van der Waals surface area (Å²) >= 11 is 0. The maximum absolute atomic E-state index is 13.1. The van der Waals surface area contributed by atoms with Gasteiger partial charge in [0.2, 0.25) is 5.91 Å². The molecule has 2 unspecified atom stereocenters. The third kappa shape index (κ3) is 6.23. The summed E-state index contributed by atoms with van der Waals surface area (Å²) < 4.78 is 5.38. The van der Waals surface area contributed by atoms with E-state index in [-0.39, 0.29) is 16.7 Å². The van der Waals surface area contributed by atoms with E-state index in [4.69, 9.17) is 4.74 Å². The van der Waals surface area contributed by atoms with Crippen LogP contribution in [0, 0.1) is 16.7 Å². The molecule has 3 aliphatic rings. The van der Waals surface area contributed by atoms with Gasteiger partial charge in [0, 0.05) is 55.7 Å². The minimum Gasteiger partial charge on any atom is -0.444 e. The number of nitrogens with one attached hydrogen (secondary N) is 1. The highest BCUT2D eigenvalue weighted by Gasteiger charge is 2.59. The number of anilines is 1. The van der Waals surface area contributed by atoms with Gasteiger partial charge in [-0.2, -0.15) is 0 Å². The molecule has 206 valence electrons. The van der Waals surface area contributed by atoms with Crippen LogP contribution >= 0.6 is 0 Å². The molecule has 2 atom stereocenters. The van der Waals surface area contributed by atoms with Gasteiger partial charge in [-0.3, -0.25) is 15.0 Å². The van der Waals surface area contributed by atoms with Crippen LogP contribution in [0.15, 0.2) is 54.6 Å². The van der Waals surface area contributed by atoms with Crippen molar-refractivity contribution in [3.05, 3.63) is 65.7 Å². The van der Waals surface area contributed by atoms with Gasteiger partial charge in [-0.05, 0) is 55.9 Å². The van der Waals surface area contributed by atoms with E-state index < -0.39 is 11.7 Å². The van der Waals surface area contributed by atoms with Gasteiger partial charge in [0.05, 0.1) is 0 Å². The molecule has 6 heteroatoms. The van der Waals surface area contributed by atoms with E-state index in [0.717, 1.165) is 44.8 Å². The summed E-state index contributed by atoms with van der Waals surface area (Å²) in [6.07, 6.45) is 0.558. The number of rotatable bonds is 5. The van der Waals surface area contributed by atoms with Crippen molar-refractivity contribution < 1.29 is 14.3 Å². The fraction of sp³-hybridized carbons (Fsp3) is 0.562. The van der Waals surface area contributed by atoms with E-state index >= 15 is 0 Å². The normalized spacial score (nSPS) is 23.2. The molecule has 2 saturated heterocycles. The fourth-order valence-corrected chi connectivity index (χ4v) is 6.01. The molecule has 6 nitrogen and oxygen atoms in total. The first-order chi connectivity index (χ1) is 17.9. The fourth-order valence-electron chi connectivity index (χ4n) is 6.01. The second-order valence-corrected chi connectivity index (χ2v) is 12.8. The Morgan fingerprint density at radius 2 is 1.58 bits per heavy atom. The van der Waals surface area contributed by atoms with Crippen LogP contribution in [0.5, 0.6) is 0 Å².